The van der Waals surface area contributed by atoms with Gasteiger partial charge in [-0.2, -0.15) is 21.6 Å². The zero-order valence-corrected chi connectivity index (χ0v) is 16.3. The van der Waals surface area contributed by atoms with Crippen molar-refractivity contribution in [3.8, 4) is 0 Å². The van der Waals surface area contributed by atoms with Crippen molar-refractivity contribution in [1.82, 2.24) is 0 Å². The minimum absolute atomic E-state index is 0.300. The van der Waals surface area contributed by atoms with E-state index in [1.54, 1.807) is 12.1 Å². The Bertz CT molecular complexity index is 1040. The average molecular weight is 439 g/mol. The van der Waals surface area contributed by atoms with E-state index < -0.39 is 32.5 Å². The molecule has 0 spiro atoms. The molecular formula is C20H14F3O4S2+. The second kappa shape index (κ2) is 8.30. The van der Waals surface area contributed by atoms with Gasteiger partial charge in [-0.15, -0.1) is 0 Å². The van der Waals surface area contributed by atoms with Crippen LogP contribution in [0.15, 0.2) is 99.6 Å². The molecule has 0 aliphatic rings. The van der Waals surface area contributed by atoms with Gasteiger partial charge in [0.2, 0.25) is 0 Å². The van der Waals surface area contributed by atoms with Crippen molar-refractivity contribution in [2.45, 2.75) is 20.2 Å². The summed E-state index contributed by atoms with van der Waals surface area (Å²) in [5.74, 6) is -1.59. The van der Waals surface area contributed by atoms with Gasteiger partial charge in [-0.25, -0.2) is 4.79 Å². The zero-order valence-electron chi connectivity index (χ0n) is 14.7. The lowest BCUT2D eigenvalue weighted by Crippen LogP contribution is -2.28. The third kappa shape index (κ3) is 4.80. The molecule has 0 fully saturated rings. The lowest BCUT2D eigenvalue weighted by Gasteiger charge is -2.09. The summed E-state index contributed by atoms with van der Waals surface area (Å²) in [4.78, 5) is 14.6. The number of carbonyl (C=O) groups is 1. The second-order valence-corrected chi connectivity index (χ2v) is 9.29. The minimum Gasteiger partial charge on any atom is -0.335 e. The number of benzene rings is 3. The summed E-state index contributed by atoms with van der Waals surface area (Å²) in [6.45, 7) is 0. The van der Waals surface area contributed by atoms with Crippen molar-refractivity contribution in [3.05, 3.63) is 90.5 Å². The molecule has 0 atom stereocenters. The Morgan fingerprint density at radius 3 is 1.55 bits per heavy atom. The van der Waals surface area contributed by atoms with Crippen LogP contribution in [0.3, 0.4) is 0 Å². The number of alkyl halides is 3. The highest BCUT2D eigenvalue weighted by molar-refractivity contribution is 7.97. The summed E-state index contributed by atoms with van der Waals surface area (Å²) in [5.41, 5.74) is -5.97. The average Bonchev–Trinajstić information content (AvgIpc) is 2.69. The van der Waals surface area contributed by atoms with Crippen LogP contribution < -0.4 is 0 Å². The maximum Gasteiger partial charge on any atom is 0.534 e. The SMILES string of the molecule is O=C(OS(=O)(=O)C(F)(F)F)c1ccc([S+](c2ccccc2)c2ccccc2)cc1. The van der Waals surface area contributed by atoms with Crippen molar-refractivity contribution in [2.24, 2.45) is 0 Å². The highest BCUT2D eigenvalue weighted by Gasteiger charge is 2.49. The first kappa shape index (κ1) is 20.9. The highest BCUT2D eigenvalue weighted by atomic mass is 32.2. The first-order valence-corrected chi connectivity index (χ1v) is 10.8. The van der Waals surface area contributed by atoms with Crippen molar-refractivity contribution >= 4 is 27.0 Å². The quantitative estimate of drug-likeness (QED) is 0.326. The van der Waals surface area contributed by atoms with Gasteiger partial charge in [0.15, 0.2) is 14.7 Å². The molecule has 29 heavy (non-hydrogen) atoms. The Hall–Kier alpha value is -2.78. The fourth-order valence-electron chi connectivity index (χ4n) is 2.44. The van der Waals surface area contributed by atoms with Crippen molar-refractivity contribution in [2.75, 3.05) is 0 Å². The maximum atomic E-state index is 12.4. The van der Waals surface area contributed by atoms with Crippen LogP contribution in [-0.4, -0.2) is 19.9 Å². The standard InChI is InChI=1S/C20H14F3O4S2/c21-20(22,23)29(25,26)27-19(24)15-11-13-18(14-12-15)28(16-7-3-1-4-8-16)17-9-5-2-6-10-17/h1-14H/q+1. The molecule has 0 heterocycles. The Kier molecular flexibility index (Phi) is 5.99. The third-order valence-electron chi connectivity index (χ3n) is 3.75. The molecule has 9 heteroatoms. The lowest BCUT2D eigenvalue weighted by molar-refractivity contribution is -0.0525. The van der Waals surface area contributed by atoms with E-state index in [0.717, 1.165) is 14.7 Å². The summed E-state index contributed by atoms with van der Waals surface area (Å²) < 4.78 is 62.9. The van der Waals surface area contributed by atoms with Gasteiger partial charge >= 0.3 is 21.6 Å². The minimum atomic E-state index is -6.01. The second-order valence-electron chi connectivity index (χ2n) is 5.73. The van der Waals surface area contributed by atoms with Crippen molar-refractivity contribution in [3.63, 3.8) is 0 Å². The van der Waals surface area contributed by atoms with Crippen LogP contribution in [0.2, 0.25) is 0 Å². The number of halogens is 3. The zero-order chi connectivity index (χ0) is 21.1. The van der Waals surface area contributed by atoms with Crippen LogP contribution in [0.25, 0.3) is 0 Å². The summed E-state index contributed by atoms with van der Waals surface area (Å²) in [5, 5.41) is 0. The Balaban J connectivity index is 1.92. The molecular weight excluding hydrogens is 425 g/mol. The normalized spacial score (nSPS) is 12.0. The van der Waals surface area contributed by atoms with Gasteiger partial charge in [-0.3, -0.25) is 0 Å². The van der Waals surface area contributed by atoms with Gasteiger partial charge in [-0.05, 0) is 48.5 Å². The van der Waals surface area contributed by atoms with Gasteiger partial charge < -0.3 is 4.18 Å². The van der Waals surface area contributed by atoms with E-state index in [1.165, 1.54) is 12.1 Å². The molecule has 0 aliphatic heterocycles. The monoisotopic (exact) mass is 439 g/mol. The molecule has 3 aromatic carbocycles. The van der Waals surface area contributed by atoms with Crippen LogP contribution in [0.1, 0.15) is 10.4 Å². The highest BCUT2D eigenvalue weighted by Crippen LogP contribution is 2.31. The first-order valence-electron chi connectivity index (χ1n) is 8.18. The Labute approximate surface area is 168 Å². The molecule has 3 rings (SSSR count). The van der Waals surface area contributed by atoms with Crippen LogP contribution in [0.4, 0.5) is 13.2 Å². The van der Waals surface area contributed by atoms with E-state index in [1.807, 2.05) is 60.7 Å². The van der Waals surface area contributed by atoms with E-state index in [4.69, 9.17) is 0 Å². The molecule has 0 N–H and O–H groups in total. The molecule has 0 radical (unpaired) electrons. The van der Waals surface area contributed by atoms with E-state index in [-0.39, 0.29) is 5.56 Å². The maximum absolute atomic E-state index is 12.4. The molecule has 0 unspecified atom stereocenters. The van der Waals surface area contributed by atoms with Crippen LogP contribution in [0, 0.1) is 0 Å². The summed E-state index contributed by atoms with van der Waals surface area (Å²) in [7, 11) is -6.52. The lowest BCUT2D eigenvalue weighted by atomic mass is 10.2. The van der Waals surface area contributed by atoms with Gasteiger partial charge in [-0.1, -0.05) is 36.4 Å². The molecule has 0 aromatic heterocycles. The molecule has 0 aliphatic carbocycles. The van der Waals surface area contributed by atoms with E-state index in [2.05, 4.69) is 4.18 Å². The van der Waals surface area contributed by atoms with Crippen molar-refractivity contribution in [1.29, 1.82) is 0 Å². The molecule has 0 amide bonds. The fraction of sp³-hybridized carbons (Fsp3) is 0.0500. The van der Waals surface area contributed by atoms with E-state index >= 15 is 0 Å². The topological polar surface area (TPSA) is 60.4 Å². The van der Waals surface area contributed by atoms with Gasteiger partial charge in [0, 0.05) is 0 Å². The van der Waals surface area contributed by atoms with Crippen LogP contribution in [-0.2, 0) is 25.2 Å². The molecule has 4 nitrogen and oxygen atoms in total. The summed E-state index contributed by atoms with van der Waals surface area (Å²) in [6, 6.07) is 24.8. The number of hydrogen-bond donors (Lipinski definition) is 0. The molecule has 3 aromatic rings. The molecule has 0 bridgehead atoms. The van der Waals surface area contributed by atoms with Gasteiger partial charge in [0.1, 0.15) is 0 Å². The van der Waals surface area contributed by atoms with E-state index in [9.17, 15) is 26.4 Å². The molecule has 0 saturated carbocycles. The number of rotatable bonds is 5. The van der Waals surface area contributed by atoms with Crippen LogP contribution in [0.5, 0.6) is 0 Å². The Morgan fingerprint density at radius 1 is 0.724 bits per heavy atom. The smallest absolute Gasteiger partial charge is 0.335 e. The number of hydrogen-bond acceptors (Lipinski definition) is 4. The van der Waals surface area contributed by atoms with Gasteiger partial charge in [0.05, 0.1) is 16.5 Å². The summed E-state index contributed by atoms with van der Waals surface area (Å²) in [6.07, 6.45) is 0. The van der Waals surface area contributed by atoms with Crippen LogP contribution >= 0.6 is 0 Å². The Morgan fingerprint density at radius 2 is 1.14 bits per heavy atom. The number of carbonyl (C=O) groups excluding carboxylic acids is 1. The van der Waals surface area contributed by atoms with E-state index in [0.29, 0.717) is 0 Å². The fourth-order valence-corrected chi connectivity index (χ4v) is 4.92. The first-order chi connectivity index (χ1) is 13.7. The summed E-state index contributed by atoms with van der Waals surface area (Å²) >= 11 is 0. The molecule has 150 valence electrons. The molecule has 0 saturated heterocycles. The van der Waals surface area contributed by atoms with Gasteiger partial charge in [0.25, 0.3) is 0 Å². The largest absolute Gasteiger partial charge is 0.534 e. The van der Waals surface area contributed by atoms with Crippen molar-refractivity contribution < 1.29 is 30.6 Å². The predicted octanol–water partition coefficient (Wildman–Crippen LogP) is 4.79. The predicted molar refractivity (Wildman–Crippen MR) is 102 cm³/mol. The third-order valence-corrected chi connectivity index (χ3v) is 6.92.